The number of amides is 3. The maximum atomic E-state index is 12.9. The molecule has 0 aromatic carbocycles. The summed E-state index contributed by atoms with van der Waals surface area (Å²) in [4.78, 5) is 49.1. The van der Waals surface area contributed by atoms with Crippen molar-refractivity contribution in [2.24, 2.45) is 11.3 Å². The second-order valence-electron chi connectivity index (χ2n) is 11.2. The van der Waals surface area contributed by atoms with E-state index in [1.54, 1.807) is 37.3 Å². The van der Waals surface area contributed by atoms with Crippen LogP contribution in [0, 0.1) is 11.3 Å². The summed E-state index contributed by atoms with van der Waals surface area (Å²) in [6, 6.07) is -0.814. The first-order chi connectivity index (χ1) is 21.2. The van der Waals surface area contributed by atoms with Crippen LogP contribution in [0.2, 0.25) is 0 Å². The molecule has 0 aliphatic carbocycles. The first-order valence-electron chi connectivity index (χ1n) is 15.1. The van der Waals surface area contributed by atoms with Gasteiger partial charge in [-0.25, -0.2) is 9.59 Å². The molecule has 0 spiro atoms. The van der Waals surface area contributed by atoms with Crippen LogP contribution in [0.4, 0.5) is 4.79 Å². The van der Waals surface area contributed by atoms with E-state index in [0.717, 1.165) is 5.57 Å². The van der Waals surface area contributed by atoms with E-state index in [0.29, 0.717) is 24.3 Å². The minimum absolute atomic E-state index is 0.0171. The zero-order valence-electron chi connectivity index (χ0n) is 28.4. The zero-order chi connectivity index (χ0) is 34.6. The number of alkyl carbamates (subject to hydrolysis) is 1. The largest absolute Gasteiger partial charge is 0.490 e. The Kier molecular flexibility index (Phi) is 20.0. The van der Waals surface area contributed by atoms with Gasteiger partial charge in [-0.3, -0.25) is 9.59 Å². The van der Waals surface area contributed by atoms with Crippen LogP contribution in [0.5, 0.6) is 0 Å². The van der Waals surface area contributed by atoms with Gasteiger partial charge in [0, 0.05) is 43.3 Å². The van der Waals surface area contributed by atoms with Crippen molar-refractivity contribution in [1.29, 1.82) is 0 Å². The highest BCUT2D eigenvalue weighted by molar-refractivity contribution is 6.29. The molecular formula is C34H52ClN3O7. The summed E-state index contributed by atoms with van der Waals surface area (Å²) in [6.45, 7) is 15.2. The van der Waals surface area contributed by atoms with Gasteiger partial charge in [0.15, 0.2) is 5.76 Å². The predicted octanol–water partition coefficient (Wildman–Crippen LogP) is 6.36. The van der Waals surface area contributed by atoms with Crippen molar-refractivity contribution in [2.75, 3.05) is 14.2 Å². The third-order valence-electron chi connectivity index (χ3n) is 6.34. The number of nitrogens with one attached hydrogen (secondary N) is 3. The van der Waals surface area contributed by atoms with Gasteiger partial charge in [0.25, 0.3) is 0 Å². The van der Waals surface area contributed by atoms with Crippen molar-refractivity contribution >= 4 is 35.5 Å². The number of methoxy groups -OCH3 is 1. The van der Waals surface area contributed by atoms with Gasteiger partial charge in [0.05, 0.1) is 7.11 Å². The summed E-state index contributed by atoms with van der Waals surface area (Å²) in [5.41, 5.74) is 0.368. The maximum absolute atomic E-state index is 12.9. The summed E-state index contributed by atoms with van der Waals surface area (Å²) in [5.74, 6) is -1.07. The second kappa shape index (κ2) is 21.8. The Labute approximate surface area is 274 Å². The lowest BCUT2D eigenvalue weighted by Gasteiger charge is -2.29. The molecule has 1 rings (SSSR count). The number of esters is 1. The minimum atomic E-state index is -0.814. The molecule has 4 atom stereocenters. The standard InChI is InChI=1S/C32H46ClN3O7.C2H6/c1-21(20-22(2)25-17-18-26(41-8)30(39)43-25)12-9-10-14-27(37)36-28(32(4,5)6)29(38)35-19-11-13-24(16-15-23(3)33)42-31(40)34-7;1-2/h9-12,14-15,18-20,22,24-25,28H,13,16-17H2,1-8H3,(H,34,40)(H,35,38)(H,36,37);1-2H3/b12-9+,14-10-,19-11-,21-20+,23-15+;. The number of hydrogen-bond donors (Lipinski definition) is 3. The minimum Gasteiger partial charge on any atom is -0.490 e. The molecule has 0 radical (unpaired) electrons. The number of carbonyl (C=O) groups excluding carboxylic acids is 4. The third-order valence-corrected chi connectivity index (χ3v) is 6.50. The quantitative estimate of drug-likeness (QED) is 0.113. The van der Waals surface area contributed by atoms with Crippen molar-refractivity contribution in [3.63, 3.8) is 0 Å². The number of carbonyl (C=O) groups is 4. The Morgan fingerprint density at radius 3 is 2.33 bits per heavy atom. The van der Waals surface area contributed by atoms with Gasteiger partial charge >= 0.3 is 12.1 Å². The van der Waals surface area contributed by atoms with Crippen molar-refractivity contribution in [3.8, 4) is 0 Å². The first-order valence-corrected chi connectivity index (χ1v) is 15.5. The fourth-order valence-corrected chi connectivity index (χ4v) is 4.06. The fourth-order valence-electron chi connectivity index (χ4n) is 3.97. The highest BCUT2D eigenvalue weighted by Crippen LogP contribution is 2.23. The Morgan fingerprint density at radius 2 is 1.78 bits per heavy atom. The van der Waals surface area contributed by atoms with Gasteiger partial charge in [0.2, 0.25) is 11.8 Å². The maximum Gasteiger partial charge on any atom is 0.407 e. The Bertz CT molecular complexity index is 1160. The highest BCUT2D eigenvalue weighted by atomic mass is 35.5. The molecule has 252 valence electrons. The van der Waals surface area contributed by atoms with Crippen molar-refractivity contribution in [2.45, 2.75) is 92.9 Å². The van der Waals surface area contributed by atoms with Crippen molar-refractivity contribution in [1.82, 2.24) is 16.0 Å². The summed E-state index contributed by atoms with van der Waals surface area (Å²) < 4.78 is 15.7. The molecule has 11 heteroatoms. The smallest absolute Gasteiger partial charge is 0.407 e. The summed E-state index contributed by atoms with van der Waals surface area (Å²) >= 11 is 5.89. The average Bonchev–Trinajstić information content (AvgIpc) is 2.98. The number of rotatable bonds is 14. The number of halogens is 1. The van der Waals surface area contributed by atoms with E-state index in [1.165, 1.54) is 26.4 Å². The topological polar surface area (TPSA) is 132 Å². The Hall–Kier alpha value is -3.79. The van der Waals surface area contributed by atoms with Crippen LogP contribution in [0.15, 0.2) is 71.2 Å². The van der Waals surface area contributed by atoms with Crippen LogP contribution in [-0.2, 0) is 28.6 Å². The molecule has 1 heterocycles. The summed E-state index contributed by atoms with van der Waals surface area (Å²) in [6.07, 6.45) is 15.2. The molecule has 4 unspecified atom stereocenters. The van der Waals surface area contributed by atoms with Gasteiger partial charge in [-0.15, -0.1) is 0 Å². The van der Waals surface area contributed by atoms with Gasteiger partial charge < -0.3 is 30.2 Å². The van der Waals surface area contributed by atoms with Gasteiger partial charge in [-0.2, -0.15) is 0 Å². The lowest BCUT2D eigenvalue weighted by Crippen LogP contribution is -2.52. The highest BCUT2D eigenvalue weighted by Gasteiger charge is 2.32. The van der Waals surface area contributed by atoms with Crippen molar-refractivity contribution < 1.29 is 33.4 Å². The Morgan fingerprint density at radius 1 is 1.13 bits per heavy atom. The van der Waals surface area contributed by atoms with E-state index in [9.17, 15) is 19.2 Å². The van der Waals surface area contributed by atoms with Gasteiger partial charge in [-0.1, -0.05) is 95.2 Å². The van der Waals surface area contributed by atoms with Gasteiger partial charge in [0.1, 0.15) is 18.2 Å². The normalized spacial score (nSPS) is 17.9. The molecule has 0 saturated heterocycles. The molecule has 45 heavy (non-hydrogen) atoms. The first kappa shape index (κ1) is 41.2. The SMILES string of the molecule is CC.CNC(=O)OC(C/C=C\NC(=O)C(NC(=O)\C=C/C=C/C(C)=C/C(C)C1CC=C(OC)C(=O)O1)C(C)(C)C)C/C=C(\C)Cl. The van der Waals surface area contributed by atoms with Crippen molar-refractivity contribution in [3.05, 3.63) is 71.2 Å². The molecule has 3 N–H and O–H groups in total. The van der Waals surface area contributed by atoms with E-state index >= 15 is 0 Å². The van der Waals surface area contributed by atoms with Crippen LogP contribution in [-0.4, -0.2) is 56.3 Å². The number of allylic oxidation sites excluding steroid dienone is 5. The van der Waals surface area contributed by atoms with E-state index < -0.39 is 35.5 Å². The van der Waals surface area contributed by atoms with E-state index in [4.69, 9.17) is 25.8 Å². The van der Waals surface area contributed by atoms with E-state index in [1.807, 2.05) is 60.6 Å². The second-order valence-corrected chi connectivity index (χ2v) is 11.8. The van der Waals surface area contributed by atoms with Crippen LogP contribution < -0.4 is 16.0 Å². The molecule has 0 aromatic heterocycles. The molecule has 1 aliphatic heterocycles. The lowest BCUT2D eigenvalue weighted by atomic mass is 9.86. The van der Waals surface area contributed by atoms with Crippen LogP contribution in [0.3, 0.4) is 0 Å². The molecule has 0 aromatic rings. The zero-order valence-corrected chi connectivity index (χ0v) is 29.1. The predicted molar refractivity (Wildman–Crippen MR) is 179 cm³/mol. The molecule has 3 amide bonds. The molecule has 10 nitrogen and oxygen atoms in total. The van der Waals surface area contributed by atoms with Crippen LogP contribution in [0.1, 0.15) is 74.7 Å². The molecule has 1 aliphatic rings. The summed E-state index contributed by atoms with van der Waals surface area (Å²) in [5, 5.41) is 8.45. The fraction of sp³-hybridized carbons (Fsp3) is 0.529. The molecule has 0 saturated carbocycles. The number of hydrogen-bond acceptors (Lipinski definition) is 7. The third kappa shape index (κ3) is 17.3. The average molecular weight is 650 g/mol. The number of ether oxygens (including phenoxy) is 3. The Balaban J connectivity index is 0.00000947. The summed E-state index contributed by atoms with van der Waals surface area (Å²) in [7, 11) is 2.91. The molecular weight excluding hydrogens is 598 g/mol. The monoisotopic (exact) mass is 649 g/mol. The molecule has 0 fully saturated rings. The van der Waals surface area contributed by atoms with E-state index in [-0.39, 0.29) is 23.7 Å². The van der Waals surface area contributed by atoms with Crippen LogP contribution in [0.25, 0.3) is 0 Å². The lowest BCUT2D eigenvalue weighted by molar-refractivity contribution is -0.151. The number of cyclic esters (lactones) is 1. The van der Waals surface area contributed by atoms with Crippen LogP contribution >= 0.6 is 11.6 Å². The molecule has 0 bridgehead atoms. The van der Waals surface area contributed by atoms with Gasteiger partial charge in [-0.05, 0) is 31.5 Å². The van der Waals surface area contributed by atoms with E-state index in [2.05, 4.69) is 16.0 Å².